The fraction of sp³-hybridized carbons (Fsp3) is 0.143. The number of halogens is 1. The second-order valence-electron chi connectivity index (χ2n) is 5.76. The van der Waals surface area contributed by atoms with E-state index in [9.17, 15) is 14.0 Å². The van der Waals surface area contributed by atoms with E-state index < -0.39 is 11.5 Å². The van der Waals surface area contributed by atoms with Crippen molar-refractivity contribution in [3.63, 3.8) is 0 Å². The number of hydrogen-bond acceptors (Lipinski definition) is 4. The van der Waals surface area contributed by atoms with Gasteiger partial charge in [-0.05, 0) is 60.5 Å². The summed E-state index contributed by atoms with van der Waals surface area (Å²) in [4.78, 5) is 27.7. The van der Waals surface area contributed by atoms with Crippen LogP contribution in [0.4, 0.5) is 4.39 Å². The van der Waals surface area contributed by atoms with Crippen LogP contribution in [0.5, 0.6) is 5.75 Å². The minimum atomic E-state index is -0.699. The van der Waals surface area contributed by atoms with Gasteiger partial charge in [-0.25, -0.2) is 9.18 Å². The molecule has 0 unspecified atom stereocenters. The van der Waals surface area contributed by atoms with Gasteiger partial charge in [0.1, 0.15) is 17.1 Å². The van der Waals surface area contributed by atoms with Gasteiger partial charge in [-0.2, -0.15) is 0 Å². The van der Waals surface area contributed by atoms with Crippen molar-refractivity contribution >= 4 is 5.97 Å². The first kappa shape index (κ1) is 18.4. The number of carbonyl (C=O) groups excluding carboxylic acids is 1. The van der Waals surface area contributed by atoms with Crippen LogP contribution in [-0.4, -0.2) is 24.7 Å². The quantitative estimate of drug-likeness (QED) is 0.691. The molecule has 3 rings (SSSR count). The molecule has 0 bridgehead atoms. The summed E-state index contributed by atoms with van der Waals surface area (Å²) in [5, 5.41) is 0. The largest absolute Gasteiger partial charge is 0.497 e. The highest BCUT2D eigenvalue weighted by Crippen LogP contribution is 2.28. The third kappa shape index (κ3) is 3.89. The molecule has 0 saturated heterocycles. The van der Waals surface area contributed by atoms with Crippen LogP contribution in [0.2, 0.25) is 0 Å². The lowest BCUT2D eigenvalue weighted by atomic mass is 9.98. The van der Waals surface area contributed by atoms with E-state index in [2.05, 4.69) is 4.98 Å². The molecule has 1 N–H and O–H groups in total. The molecule has 0 radical (unpaired) electrons. The van der Waals surface area contributed by atoms with E-state index in [1.54, 1.807) is 56.5 Å². The Hall–Kier alpha value is -3.41. The van der Waals surface area contributed by atoms with Crippen molar-refractivity contribution in [3.05, 3.63) is 76.3 Å². The molecule has 27 heavy (non-hydrogen) atoms. The number of hydrogen-bond donors (Lipinski definition) is 1. The topological polar surface area (TPSA) is 68.4 Å². The number of methoxy groups -OCH3 is 1. The normalized spacial score (nSPS) is 10.5. The molecule has 0 fully saturated rings. The van der Waals surface area contributed by atoms with Crippen molar-refractivity contribution in [2.45, 2.75) is 6.92 Å². The number of nitrogens with one attached hydrogen (secondary N) is 1. The van der Waals surface area contributed by atoms with Crippen LogP contribution in [0.15, 0.2) is 59.4 Å². The first-order chi connectivity index (χ1) is 13.0. The molecule has 0 atom stereocenters. The highest BCUT2D eigenvalue weighted by Gasteiger charge is 2.20. The molecule has 3 aromatic rings. The van der Waals surface area contributed by atoms with Gasteiger partial charge in [0, 0.05) is 11.3 Å². The number of H-pyrrole nitrogens is 1. The van der Waals surface area contributed by atoms with Crippen molar-refractivity contribution in [2.24, 2.45) is 0 Å². The van der Waals surface area contributed by atoms with E-state index in [0.29, 0.717) is 28.1 Å². The molecule has 5 nitrogen and oxygen atoms in total. The number of aromatic amines is 1. The number of aromatic nitrogens is 1. The number of pyridine rings is 1. The monoisotopic (exact) mass is 367 g/mol. The van der Waals surface area contributed by atoms with Gasteiger partial charge in [-0.15, -0.1) is 0 Å². The molecule has 0 aliphatic carbocycles. The van der Waals surface area contributed by atoms with Crippen LogP contribution in [-0.2, 0) is 4.74 Å². The van der Waals surface area contributed by atoms with Crippen LogP contribution >= 0.6 is 0 Å². The maximum absolute atomic E-state index is 13.2. The molecule has 1 heterocycles. The first-order valence-electron chi connectivity index (χ1n) is 8.38. The summed E-state index contributed by atoms with van der Waals surface area (Å²) in [5.74, 6) is -0.421. The van der Waals surface area contributed by atoms with E-state index in [1.165, 1.54) is 12.1 Å². The second-order valence-corrected chi connectivity index (χ2v) is 5.76. The van der Waals surface area contributed by atoms with Crippen LogP contribution in [0.1, 0.15) is 17.3 Å². The molecule has 0 saturated carbocycles. The van der Waals surface area contributed by atoms with Crippen molar-refractivity contribution in [1.82, 2.24) is 4.98 Å². The SMILES string of the molecule is CCOC(=O)c1c(-c2ccc(OC)cc2)cc(-c2ccc(F)cc2)[nH]c1=O. The Kier molecular flexibility index (Phi) is 5.35. The molecule has 2 aromatic carbocycles. The smallest absolute Gasteiger partial charge is 0.344 e. The van der Waals surface area contributed by atoms with Crippen LogP contribution in [0.3, 0.4) is 0 Å². The number of ether oxygens (including phenoxy) is 2. The van der Waals surface area contributed by atoms with Crippen LogP contribution in [0, 0.1) is 5.82 Å². The first-order valence-corrected chi connectivity index (χ1v) is 8.38. The average Bonchev–Trinajstić information content (AvgIpc) is 2.68. The molecule has 0 aliphatic rings. The van der Waals surface area contributed by atoms with Gasteiger partial charge in [-0.3, -0.25) is 4.79 Å². The Morgan fingerprint density at radius 2 is 1.67 bits per heavy atom. The van der Waals surface area contributed by atoms with Crippen molar-refractivity contribution in [1.29, 1.82) is 0 Å². The van der Waals surface area contributed by atoms with Gasteiger partial charge < -0.3 is 14.5 Å². The standard InChI is InChI=1S/C21H18FNO4/c1-3-27-21(25)19-17(13-6-10-16(26-2)11-7-13)12-18(23-20(19)24)14-4-8-15(22)9-5-14/h4-12H,3H2,1-2H3,(H,23,24). The number of carbonyl (C=O) groups is 1. The summed E-state index contributed by atoms with van der Waals surface area (Å²) < 4.78 is 23.4. The lowest BCUT2D eigenvalue weighted by molar-refractivity contribution is 0.0525. The molecule has 138 valence electrons. The third-order valence-corrected chi connectivity index (χ3v) is 4.07. The Morgan fingerprint density at radius 1 is 1.04 bits per heavy atom. The highest BCUT2D eigenvalue weighted by atomic mass is 19.1. The van der Waals surface area contributed by atoms with Gasteiger partial charge >= 0.3 is 5.97 Å². The van der Waals surface area contributed by atoms with Gasteiger partial charge in [0.15, 0.2) is 0 Å². The molecule has 0 amide bonds. The Labute approximate surface area is 155 Å². The van der Waals surface area contributed by atoms with Crippen LogP contribution < -0.4 is 10.3 Å². The number of esters is 1. The second kappa shape index (κ2) is 7.86. The highest BCUT2D eigenvalue weighted by molar-refractivity contribution is 5.97. The summed E-state index contributed by atoms with van der Waals surface area (Å²) in [6.45, 7) is 1.83. The van der Waals surface area contributed by atoms with Crippen molar-refractivity contribution < 1.29 is 18.7 Å². The Balaban J connectivity index is 2.20. The maximum Gasteiger partial charge on any atom is 0.344 e. The van der Waals surface area contributed by atoms with Crippen molar-refractivity contribution in [3.8, 4) is 28.1 Å². The average molecular weight is 367 g/mol. The predicted octanol–water partition coefficient (Wildman–Crippen LogP) is 4.03. The maximum atomic E-state index is 13.2. The zero-order valence-electron chi connectivity index (χ0n) is 14.9. The summed E-state index contributed by atoms with van der Waals surface area (Å²) in [6, 6.07) is 14.4. The van der Waals surface area contributed by atoms with E-state index in [4.69, 9.17) is 9.47 Å². The summed E-state index contributed by atoms with van der Waals surface area (Å²) in [7, 11) is 1.55. The molecule has 1 aromatic heterocycles. The van der Waals surface area contributed by atoms with E-state index in [1.807, 2.05) is 0 Å². The zero-order chi connectivity index (χ0) is 19.4. The number of rotatable bonds is 5. The lowest BCUT2D eigenvalue weighted by Crippen LogP contribution is -2.21. The minimum absolute atomic E-state index is 0.0760. The predicted molar refractivity (Wildman–Crippen MR) is 100 cm³/mol. The van der Waals surface area contributed by atoms with Gasteiger partial charge in [0.05, 0.1) is 13.7 Å². The molecular formula is C21H18FNO4. The zero-order valence-corrected chi connectivity index (χ0v) is 14.9. The molecular weight excluding hydrogens is 349 g/mol. The van der Waals surface area contributed by atoms with Crippen LogP contribution in [0.25, 0.3) is 22.4 Å². The fourth-order valence-corrected chi connectivity index (χ4v) is 2.75. The van der Waals surface area contributed by atoms with E-state index >= 15 is 0 Å². The van der Waals surface area contributed by atoms with Gasteiger partial charge in [-0.1, -0.05) is 12.1 Å². The van der Waals surface area contributed by atoms with Gasteiger partial charge in [0.2, 0.25) is 0 Å². The lowest BCUT2D eigenvalue weighted by Gasteiger charge is -2.12. The number of benzene rings is 2. The molecule has 0 spiro atoms. The molecule has 0 aliphatic heterocycles. The fourth-order valence-electron chi connectivity index (χ4n) is 2.75. The molecule has 6 heteroatoms. The Morgan fingerprint density at radius 3 is 2.26 bits per heavy atom. The third-order valence-electron chi connectivity index (χ3n) is 4.07. The Bertz CT molecular complexity index is 1010. The summed E-state index contributed by atoms with van der Waals surface area (Å²) >= 11 is 0. The van der Waals surface area contributed by atoms with E-state index in [0.717, 1.165) is 0 Å². The minimum Gasteiger partial charge on any atom is -0.497 e. The van der Waals surface area contributed by atoms with Crippen molar-refractivity contribution in [2.75, 3.05) is 13.7 Å². The van der Waals surface area contributed by atoms with E-state index in [-0.39, 0.29) is 18.0 Å². The summed E-state index contributed by atoms with van der Waals surface area (Å²) in [5.41, 5.74) is 1.54. The summed E-state index contributed by atoms with van der Waals surface area (Å²) in [6.07, 6.45) is 0. The van der Waals surface area contributed by atoms with Gasteiger partial charge in [0.25, 0.3) is 5.56 Å².